The molecule has 1 aliphatic rings. The van der Waals surface area contributed by atoms with Crippen LogP contribution < -0.4 is 5.32 Å². The highest BCUT2D eigenvalue weighted by Gasteiger charge is 2.19. The topological polar surface area (TPSA) is 24.5 Å². The van der Waals surface area contributed by atoms with Gasteiger partial charge in [0.05, 0.1) is 0 Å². The van der Waals surface area contributed by atoms with E-state index in [1.165, 1.54) is 18.4 Å². The lowest BCUT2D eigenvalue weighted by atomic mass is 9.98. The van der Waals surface area contributed by atoms with Gasteiger partial charge in [-0.2, -0.15) is 0 Å². The lowest BCUT2D eigenvalue weighted by Gasteiger charge is -2.30. The molecule has 1 aliphatic heterocycles. The Hall–Kier alpha value is -0.900. The van der Waals surface area contributed by atoms with E-state index in [4.69, 9.17) is 4.74 Å². The van der Waals surface area contributed by atoms with Crippen molar-refractivity contribution in [2.45, 2.75) is 39.3 Å². The lowest BCUT2D eigenvalue weighted by molar-refractivity contribution is 0.0642. The summed E-state index contributed by atoms with van der Waals surface area (Å²) in [4.78, 5) is 2.43. The van der Waals surface area contributed by atoms with Gasteiger partial charge in [-0.05, 0) is 43.8 Å². The summed E-state index contributed by atoms with van der Waals surface area (Å²) in [6, 6.07) is 11.3. The molecule has 0 radical (unpaired) electrons. The molecule has 0 aliphatic carbocycles. The molecule has 0 bridgehead atoms. The SMILES string of the molecule is CC(C)C(CN(C)Cc1ccccc1)NCC1CCOCC1. The molecule has 2 rings (SSSR count). The molecule has 1 unspecified atom stereocenters. The monoisotopic (exact) mass is 304 g/mol. The largest absolute Gasteiger partial charge is 0.381 e. The quantitative estimate of drug-likeness (QED) is 0.798. The third kappa shape index (κ3) is 6.07. The van der Waals surface area contributed by atoms with E-state index in [-0.39, 0.29) is 0 Å². The molecule has 3 heteroatoms. The van der Waals surface area contributed by atoms with Crippen LogP contribution >= 0.6 is 0 Å². The van der Waals surface area contributed by atoms with Gasteiger partial charge in [-0.25, -0.2) is 0 Å². The van der Waals surface area contributed by atoms with Crippen LogP contribution in [0.5, 0.6) is 0 Å². The van der Waals surface area contributed by atoms with E-state index in [1.807, 2.05) is 0 Å². The molecule has 1 aromatic carbocycles. The van der Waals surface area contributed by atoms with E-state index in [0.29, 0.717) is 12.0 Å². The predicted molar refractivity (Wildman–Crippen MR) is 92.9 cm³/mol. The maximum Gasteiger partial charge on any atom is 0.0469 e. The van der Waals surface area contributed by atoms with Crippen LogP contribution in [0.2, 0.25) is 0 Å². The zero-order valence-electron chi connectivity index (χ0n) is 14.4. The summed E-state index contributed by atoms with van der Waals surface area (Å²) in [6.07, 6.45) is 2.41. The molecule has 1 heterocycles. The summed E-state index contributed by atoms with van der Waals surface area (Å²) in [7, 11) is 2.22. The van der Waals surface area contributed by atoms with Crippen LogP contribution in [0.3, 0.4) is 0 Å². The summed E-state index contributed by atoms with van der Waals surface area (Å²) < 4.78 is 5.45. The molecule has 1 fully saturated rings. The summed E-state index contributed by atoms with van der Waals surface area (Å²) in [5, 5.41) is 3.81. The van der Waals surface area contributed by atoms with E-state index in [2.05, 4.69) is 61.4 Å². The standard InChI is InChI=1S/C19H32N2O/c1-16(2)19(20-13-17-9-11-22-12-10-17)15-21(3)14-18-7-5-4-6-8-18/h4-8,16-17,19-20H,9-15H2,1-3H3. The Kier molecular flexibility index (Phi) is 7.37. The van der Waals surface area contributed by atoms with Crippen molar-refractivity contribution >= 4 is 0 Å². The fraction of sp³-hybridized carbons (Fsp3) is 0.684. The minimum Gasteiger partial charge on any atom is -0.381 e. The summed E-state index contributed by atoms with van der Waals surface area (Å²) in [5.74, 6) is 1.44. The van der Waals surface area contributed by atoms with Gasteiger partial charge in [-0.15, -0.1) is 0 Å². The van der Waals surface area contributed by atoms with Gasteiger partial charge in [0.15, 0.2) is 0 Å². The Morgan fingerprint density at radius 1 is 1.18 bits per heavy atom. The van der Waals surface area contributed by atoms with E-state index in [9.17, 15) is 0 Å². The van der Waals surface area contributed by atoms with E-state index in [0.717, 1.165) is 38.8 Å². The third-order valence-corrected chi connectivity index (χ3v) is 4.62. The highest BCUT2D eigenvalue weighted by molar-refractivity contribution is 5.14. The van der Waals surface area contributed by atoms with E-state index < -0.39 is 0 Å². The summed E-state index contributed by atoms with van der Waals surface area (Å²) >= 11 is 0. The minimum atomic E-state index is 0.552. The molecule has 3 nitrogen and oxygen atoms in total. The summed E-state index contributed by atoms with van der Waals surface area (Å²) in [6.45, 7) is 9.75. The Morgan fingerprint density at radius 2 is 1.86 bits per heavy atom. The molecule has 124 valence electrons. The Morgan fingerprint density at radius 3 is 2.50 bits per heavy atom. The van der Waals surface area contributed by atoms with Crippen molar-refractivity contribution in [3.8, 4) is 0 Å². The second kappa shape index (κ2) is 9.29. The van der Waals surface area contributed by atoms with Gasteiger partial charge in [0, 0.05) is 32.3 Å². The summed E-state index contributed by atoms with van der Waals surface area (Å²) in [5.41, 5.74) is 1.39. The van der Waals surface area contributed by atoms with Crippen LogP contribution in [0.15, 0.2) is 30.3 Å². The average molecular weight is 304 g/mol. The van der Waals surface area contributed by atoms with Gasteiger partial charge in [0.1, 0.15) is 0 Å². The van der Waals surface area contributed by atoms with Crippen molar-refractivity contribution in [1.82, 2.24) is 10.2 Å². The van der Waals surface area contributed by atoms with Gasteiger partial charge in [-0.3, -0.25) is 0 Å². The van der Waals surface area contributed by atoms with Crippen LogP contribution in [0, 0.1) is 11.8 Å². The molecule has 0 amide bonds. The number of nitrogens with one attached hydrogen (secondary N) is 1. The first-order valence-electron chi connectivity index (χ1n) is 8.68. The smallest absolute Gasteiger partial charge is 0.0469 e. The van der Waals surface area contributed by atoms with Crippen molar-refractivity contribution in [2.75, 3.05) is 33.4 Å². The van der Waals surface area contributed by atoms with Crippen LogP contribution in [0.1, 0.15) is 32.3 Å². The minimum absolute atomic E-state index is 0.552. The molecule has 0 aromatic heterocycles. The highest BCUT2D eigenvalue weighted by Crippen LogP contribution is 2.15. The van der Waals surface area contributed by atoms with Crippen molar-refractivity contribution < 1.29 is 4.74 Å². The first-order valence-corrected chi connectivity index (χ1v) is 8.68. The Balaban J connectivity index is 1.77. The van der Waals surface area contributed by atoms with Gasteiger partial charge in [-0.1, -0.05) is 44.2 Å². The Bertz CT molecular complexity index is 401. The maximum atomic E-state index is 5.45. The number of ether oxygens (including phenoxy) is 1. The number of hydrogen-bond donors (Lipinski definition) is 1. The van der Waals surface area contributed by atoms with Crippen LogP contribution in [0.4, 0.5) is 0 Å². The molecular formula is C19H32N2O. The maximum absolute atomic E-state index is 5.45. The van der Waals surface area contributed by atoms with Crippen LogP contribution in [-0.2, 0) is 11.3 Å². The number of likely N-dealkylation sites (N-methyl/N-ethyl adjacent to an activating group) is 1. The van der Waals surface area contributed by atoms with Gasteiger partial charge >= 0.3 is 0 Å². The molecule has 22 heavy (non-hydrogen) atoms. The lowest BCUT2D eigenvalue weighted by Crippen LogP contribution is -2.45. The van der Waals surface area contributed by atoms with Gasteiger partial charge in [0.25, 0.3) is 0 Å². The molecule has 1 saturated heterocycles. The molecule has 1 aromatic rings. The normalized spacial score (nSPS) is 18.0. The number of rotatable bonds is 8. The first kappa shape index (κ1) is 17.5. The second-order valence-corrected chi connectivity index (χ2v) is 7.00. The average Bonchev–Trinajstić information content (AvgIpc) is 2.53. The van der Waals surface area contributed by atoms with Crippen molar-refractivity contribution in [2.24, 2.45) is 11.8 Å². The molecule has 1 N–H and O–H groups in total. The second-order valence-electron chi connectivity index (χ2n) is 7.00. The molecule has 0 spiro atoms. The van der Waals surface area contributed by atoms with E-state index in [1.54, 1.807) is 0 Å². The van der Waals surface area contributed by atoms with E-state index >= 15 is 0 Å². The number of benzene rings is 1. The highest BCUT2D eigenvalue weighted by atomic mass is 16.5. The van der Waals surface area contributed by atoms with Crippen LogP contribution in [-0.4, -0.2) is 44.3 Å². The first-order chi connectivity index (χ1) is 10.6. The zero-order valence-corrected chi connectivity index (χ0v) is 14.4. The molecule has 0 saturated carbocycles. The molecular weight excluding hydrogens is 272 g/mol. The molecule has 1 atom stereocenters. The zero-order chi connectivity index (χ0) is 15.8. The van der Waals surface area contributed by atoms with Crippen LogP contribution in [0.25, 0.3) is 0 Å². The van der Waals surface area contributed by atoms with Crippen molar-refractivity contribution in [3.63, 3.8) is 0 Å². The van der Waals surface area contributed by atoms with Gasteiger partial charge < -0.3 is 15.0 Å². The fourth-order valence-corrected chi connectivity index (χ4v) is 3.08. The van der Waals surface area contributed by atoms with Crippen molar-refractivity contribution in [3.05, 3.63) is 35.9 Å². The van der Waals surface area contributed by atoms with Gasteiger partial charge in [0.2, 0.25) is 0 Å². The number of hydrogen-bond acceptors (Lipinski definition) is 3. The van der Waals surface area contributed by atoms with Crippen molar-refractivity contribution in [1.29, 1.82) is 0 Å². The Labute approximate surface area is 136 Å². The predicted octanol–water partition coefficient (Wildman–Crippen LogP) is 3.16. The fourth-order valence-electron chi connectivity index (χ4n) is 3.08. The number of nitrogens with zero attached hydrogens (tertiary/aromatic N) is 1. The third-order valence-electron chi connectivity index (χ3n) is 4.62.